The van der Waals surface area contributed by atoms with E-state index in [1.54, 1.807) is 5.57 Å². The second kappa shape index (κ2) is 10.9. The molecule has 1 rings (SSSR count). The number of unbranched alkanes of at least 4 members (excludes halogenated alkanes) is 2. The summed E-state index contributed by atoms with van der Waals surface area (Å²) in [6.45, 7) is 8.47. The molecular formula is C20H34. The van der Waals surface area contributed by atoms with E-state index in [-0.39, 0.29) is 0 Å². The van der Waals surface area contributed by atoms with E-state index in [0.29, 0.717) is 0 Å². The van der Waals surface area contributed by atoms with Crippen molar-refractivity contribution in [1.82, 2.24) is 0 Å². The Hall–Kier alpha value is -0.780. The average molecular weight is 274 g/mol. The van der Waals surface area contributed by atoms with Crippen LogP contribution in [-0.4, -0.2) is 0 Å². The molecule has 2 atom stereocenters. The summed E-state index contributed by atoms with van der Waals surface area (Å²) in [5.74, 6) is 1.86. The van der Waals surface area contributed by atoms with E-state index in [2.05, 4.69) is 38.7 Å². The quantitative estimate of drug-likeness (QED) is 0.286. The maximum Gasteiger partial charge on any atom is -0.0251 e. The normalized spacial score (nSPS) is 20.3. The first-order chi connectivity index (χ1) is 9.76. The lowest BCUT2D eigenvalue weighted by atomic mass is 9.94. The van der Waals surface area contributed by atoms with E-state index in [1.165, 1.54) is 51.4 Å². The molecule has 0 fully saturated rings. The van der Waals surface area contributed by atoms with Gasteiger partial charge in [0.15, 0.2) is 0 Å². The molecule has 0 saturated carbocycles. The van der Waals surface area contributed by atoms with Crippen LogP contribution in [0.25, 0.3) is 0 Å². The smallest absolute Gasteiger partial charge is 0.0251 e. The van der Waals surface area contributed by atoms with Gasteiger partial charge in [-0.3, -0.25) is 0 Å². The Morgan fingerprint density at radius 2 is 2.15 bits per heavy atom. The van der Waals surface area contributed by atoms with Gasteiger partial charge in [-0.2, -0.15) is 0 Å². The van der Waals surface area contributed by atoms with Crippen molar-refractivity contribution < 1.29 is 0 Å². The molecule has 0 saturated heterocycles. The molecule has 0 N–H and O–H groups in total. The molecule has 0 amide bonds. The molecule has 0 heterocycles. The minimum absolute atomic E-state index is 0.926. The zero-order chi connectivity index (χ0) is 14.6. The van der Waals surface area contributed by atoms with E-state index in [4.69, 9.17) is 0 Å². The van der Waals surface area contributed by atoms with Gasteiger partial charge in [-0.05, 0) is 43.9 Å². The highest BCUT2D eigenvalue weighted by Gasteiger charge is 2.14. The van der Waals surface area contributed by atoms with E-state index < -0.39 is 0 Å². The maximum atomic E-state index is 3.76. The topological polar surface area (TPSA) is 0 Å². The monoisotopic (exact) mass is 274 g/mol. The third-order valence-electron chi connectivity index (χ3n) is 4.45. The maximum absolute atomic E-state index is 3.76. The van der Waals surface area contributed by atoms with E-state index >= 15 is 0 Å². The van der Waals surface area contributed by atoms with Crippen LogP contribution in [0.4, 0.5) is 0 Å². The third-order valence-corrected chi connectivity index (χ3v) is 4.45. The molecule has 0 radical (unpaired) electrons. The average Bonchev–Trinajstić information content (AvgIpc) is 2.88. The first-order valence-electron chi connectivity index (χ1n) is 8.72. The highest BCUT2D eigenvalue weighted by Crippen LogP contribution is 2.30. The van der Waals surface area contributed by atoms with Crippen LogP contribution in [0.1, 0.15) is 78.1 Å². The van der Waals surface area contributed by atoms with Gasteiger partial charge < -0.3 is 0 Å². The van der Waals surface area contributed by atoms with Crippen LogP contribution < -0.4 is 0 Å². The summed E-state index contributed by atoms with van der Waals surface area (Å²) in [5.41, 5.74) is 1.57. The summed E-state index contributed by atoms with van der Waals surface area (Å²) in [6.07, 6.45) is 22.4. The predicted octanol–water partition coefficient (Wildman–Crippen LogP) is 6.84. The van der Waals surface area contributed by atoms with Gasteiger partial charge in [-0.1, -0.05) is 75.8 Å². The van der Waals surface area contributed by atoms with Crippen molar-refractivity contribution in [2.75, 3.05) is 0 Å². The Kier molecular flexibility index (Phi) is 9.45. The number of hydrogen-bond acceptors (Lipinski definition) is 0. The van der Waals surface area contributed by atoms with Crippen molar-refractivity contribution in [3.63, 3.8) is 0 Å². The zero-order valence-electron chi connectivity index (χ0n) is 13.7. The molecule has 0 aliphatic heterocycles. The minimum Gasteiger partial charge on any atom is -0.103 e. The van der Waals surface area contributed by atoms with Crippen LogP contribution in [0.2, 0.25) is 0 Å². The third kappa shape index (κ3) is 7.72. The summed E-state index contributed by atoms with van der Waals surface area (Å²) < 4.78 is 0. The molecule has 1 aliphatic carbocycles. The Morgan fingerprint density at radius 3 is 2.90 bits per heavy atom. The van der Waals surface area contributed by atoms with Crippen LogP contribution >= 0.6 is 0 Å². The second-order valence-corrected chi connectivity index (χ2v) is 6.53. The molecule has 2 unspecified atom stereocenters. The van der Waals surface area contributed by atoms with E-state index in [1.807, 2.05) is 6.08 Å². The number of allylic oxidation sites excluding steroid dienone is 5. The van der Waals surface area contributed by atoms with Gasteiger partial charge in [0.2, 0.25) is 0 Å². The van der Waals surface area contributed by atoms with Gasteiger partial charge in [-0.25, -0.2) is 0 Å². The molecule has 1 aliphatic rings. The van der Waals surface area contributed by atoms with Crippen LogP contribution in [0.5, 0.6) is 0 Å². The summed E-state index contributed by atoms with van der Waals surface area (Å²) in [5, 5.41) is 0. The summed E-state index contributed by atoms with van der Waals surface area (Å²) >= 11 is 0. The largest absolute Gasteiger partial charge is 0.103 e. The van der Waals surface area contributed by atoms with E-state index in [9.17, 15) is 0 Å². The van der Waals surface area contributed by atoms with Crippen LogP contribution in [0, 0.1) is 11.8 Å². The van der Waals surface area contributed by atoms with Gasteiger partial charge >= 0.3 is 0 Å². The van der Waals surface area contributed by atoms with E-state index in [0.717, 1.165) is 24.7 Å². The van der Waals surface area contributed by atoms with Gasteiger partial charge in [0, 0.05) is 0 Å². The molecule has 0 aromatic heterocycles. The lowest BCUT2D eigenvalue weighted by molar-refractivity contribution is 0.425. The molecular weight excluding hydrogens is 240 g/mol. The fourth-order valence-corrected chi connectivity index (χ4v) is 3.19. The Balaban J connectivity index is 2.05. The number of rotatable bonds is 11. The lowest BCUT2D eigenvalue weighted by Gasteiger charge is -2.12. The fraction of sp³-hybridized carbons (Fsp3) is 0.700. The van der Waals surface area contributed by atoms with Crippen molar-refractivity contribution in [3.05, 3.63) is 36.5 Å². The van der Waals surface area contributed by atoms with Gasteiger partial charge in [0.25, 0.3) is 0 Å². The van der Waals surface area contributed by atoms with Crippen molar-refractivity contribution >= 4 is 0 Å². The predicted molar refractivity (Wildman–Crippen MR) is 91.9 cm³/mol. The first kappa shape index (κ1) is 17.3. The molecule has 0 heteroatoms. The van der Waals surface area contributed by atoms with Crippen LogP contribution in [-0.2, 0) is 0 Å². The van der Waals surface area contributed by atoms with Crippen molar-refractivity contribution in [3.8, 4) is 0 Å². The second-order valence-electron chi connectivity index (χ2n) is 6.53. The Labute approximate surface area is 127 Å². The zero-order valence-corrected chi connectivity index (χ0v) is 13.7. The summed E-state index contributed by atoms with van der Waals surface area (Å²) in [7, 11) is 0. The van der Waals surface area contributed by atoms with Gasteiger partial charge in [0.05, 0.1) is 0 Å². The standard InChI is InChI=1S/C20H34/c1-4-6-7-8-13-19-15-16-20(17-19)14-10-9-12-18(3)11-5-2/h4,8,13,15,18,20H,1,5-7,9-12,14,16-17H2,2-3H3/b13-8+. The van der Waals surface area contributed by atoms with Crippen molar-refractivity contribution in [2.45, 2.75) is 78.1 Å². The highest BCUT2D eigenvalue weighted by atomic mass is 14.2. The first-order valence-corrected chi connectivity index (χ1v) is 8.72. The summed E-state index contributed by atoms with van der Waals surface area (Å²) in [4.78, 5) is 0. The molecule has 20 heavy (non-hydrogen) atoms. The fourth-order valence-electron chi connectivity index (χ4n) is 3.19. The molecule has 114 valence electrons. The Morgan fingerprint density at radius 1 is 1.30 bits per heavy atom. The highest BCUT2D eigenvalue weighted by molar-refractivity contribution is 5.23. The summed E-state index contributed by atoms with van der Waals surface area (Å²) in [6, 6.07) is 0. The minimum atomic E-state index is 0.926. The van der Waals surface area contributed by atoms with Gasteiger partial charge in [-0.15, -0.1) is 6.58 Å². The van der Waals surface area contributed by atoms with Crippen molar-refractivity contribution in [1.29, 1.82) is 0 Å². The molecule has 0 nitrogen and oxygen atoms in total. The lowest BCUT2D eigenvalue weighted by Crippen LogP contribution is -1.97. The van der Waals surface area contributed by atoms with Gasteiger partial charge in [0.1, 0.15) is 0 Å². The van der Waals surface area contributed by atoms with Crippen molar-refractivity contribution in [2.24, 2.45) is 11.8 Å². The SMILES string of the molecule is C=CCC/C=C/C1=CCC(CCCCC(C)CCC)C1. The number of hydrogen-bond donors (Lipinski definition) is 0. The Bertz CT molecular complexity index is 308. The van der Waals surface area contributed by atoms with Crippen LogP contribution in [0.15, 0.2) is 36.5 Å². The molecule has 0 bridgehead atoms. The molecule has 0 aromatic carbocycles. The molecule has 0 spiro atoms. The van der Waals surface area contributed by atoms with Crippen LogP contribution in [0.3, 0.4) is 0 Å². The molecule has 0 aromatic rings.